The maximum absolute atomic E-state index is 13.5. The van der Waals surface area contributed by atoms with Crippen molar-refractivity contribution >= 4 is 17.8 Å². The van der Waals surface area contributed by atoms with Crippen molar-refractivity contribution in [3.05, 3.63) is 71.3 Å². The predicted molar refractivity (Wildman–Crippen MR) is 134 cm³/mol. The second-order valence-corrected chi connectivity index (χ2v) is 9.47. The first kappa shape index (κ1) is 27.4. The van der Waals surface area contributed by atoms with Gasteiger partial charge in [0.1, 0.15) is 12.2 Å². The van der Waals surface area contributed by atoms with Crippen LogP contribution >= 0.6 is 0 Å². The molecule has 0 aromatic heterocycles. The minimum Gasteiger partial charge on any atom is -0.333 e. The molecular weight excluding hydrogens is 499 g/mol. The number of amides is 4. The average molecular weight is 532 g/mol. The zero-order valence-corrected chi connectivity index (χ0v) is 21.4. The van der Waals surface area contributed by atoms with Gasteiger partial charge < -0.3 is 15.1 Å². The van der Waals surface area contributed by atoms with Gasteiger partial charge in [0, 0.05) is 19.6 Å². The molecule has 0 bridgehead atoms. The molecule has 2 saturated heterocycles. The summed E-state index contributed by atoms with van der Waals surface area (Å²) in [5.41, 5.74) is 0.437. The molecule has 11 heteroatoms. The number of hydrazine groups is 1. The molecule has 4 amide bonds. The van der Waals surface area contributed by atoms with E-state index in [9.17, 15) is 27.6 Å². The molecule has 4 rings (SSSR count). The van der Waals surface area contributed by atoms with Crippen LogP contribution in [-0.2, 0) is 28.9 Å². The molecule has 0 unspecified atom stereocenters. The Kier molecular flexibility index (Phi) is 8.25. The molecule has 0 aliphatic carbocycles. The Hall–Kier alpha value is -3.60. The molecule has 0 radical (unpaired) electrons. The summed E-state index contributed by atoms with van der Waals surface area (Å²) >= 11 is 0. The molecule has 2 fully saturated rings. The van der Waals surface area contributed by atoms with Gasteiger partial charge in [0.25, 0.3) is 0 Å². The van der Waals surface area contributed by atoms with Crippen molar-refractivity contribution in [1.29, 1.82) is 0 Å². The van der Waals surface area contributed by atoms with E-state index in [1.807, 2.05) is 44.2 Å². The number of piperazine rings is 1. The van der Waals surface area contributed by atoms with Gasteiger partial charge in [-0.25, -0.2) is 14.8 Å². The third kappa shape index (κ3) is 5.77. The van der Waals surface area contributed by atoms with E-state index < -0.39 is 30.0 Å². The van der Waals surface area contributed by atoms with Crippen LogP contribution in [0.5, 0.6) is 0 Å². The summed E-state index contributed by atoms with van der Waals surface area (Å²) in [6.07, 6.45) is -4.30. The summed E-state index contributed by atoms with van der Waals surface area (Å²) in [6.45, 7) is 4.26. The number of nitrogens with one attached hydrogen (secondary N) is 1. The highest BCUT2D eigenvalue weighted by Gasteiger charge is 2.50. The van der Waals surface area contributed by atoms with Crippen LogP contribution in [0.1, 0.15) is 43.4 Å². The zero-order valence-electron chi connectivity index (χ0n) is 21.4. The molecule has 2 heterocycles. The van der Waals surface area contributed by atoms with Crippen molar-refractivity contribution in [1.82, 2.24) is 25.1 Å². The first-order valence-corrected chi connectivity index (χ1v) is 12.8. The molecule has 38 heavy (non-hydrogen) atoms. The summed E-state index contributed by atoms with van der Waals surface area (Å²) < 4.78 is 39.9. The van der Waals surface area contributed by atoms with Gasteiger partial charge in [0.15, 0.2) is 0 Å². The van der Waals surface area contributed by atoms with Gasteiger partial charge in [-0.05, 0) is 29.7 Å². The van der Waals surface area contributed by atoms with Gasteiger partial charge in [-0.2, -0.15) is 13.2 Å². The number of nitrogens with zero attached hydrogens (tertiary/aromatic N) is 4. The fourth-order valence-corrected chi connectivity index (χ4v) is 5.08. The topological polar surface area (TPSA) is 76.2 Å². The third-order valence-electron chi connectivity index (χ3n) is 6.88. The van der Waals surface area contributed by atoms with E-state index in [1.54, 1.807) is 11.1 Å². The Morgan fingerprint density at radius 1 is 1.03 bits per heavy atom. The van der Waals surface area contributed by atoms with Gasteiger partial charge in [0.2, 0.25) is 11.8 Å². The van der Waals surface area contributed by atoms with Crippen molar-refractivity contribution in [2.24, 2.45) is 0 Å². The molecule has 0 spiro atoms. The summed E-state index contributed by atoms with van der Waals surface area (Å²) in [5, 5.41) is 6.04. The number of fused-ring (bicyclic) bond motifs is 1. The maximum Gasteiger partial charge on any atom is 0.416 e. The number of likely N-dealkylation sites (N-methyl/N-ethyl adjacent to an activating group) is 1. The van der Waals surface area contributed by atoms with Crippen LogP contribution in [-0.4, -0.2) is 69.5 Å². The number of halogens is 3. The second-order valence-electron chi connectivity index (χ2n) is 9.47. The van der Waals surface area contributed by atoms with Crippen molar-refractivity contribution in [2.45, 2.75) is 58.2 Å². The number of carbonyl (C=O) groups excluding carboxylic acids is 3. The number of hydrogen-bond donors (Lipinski definition) is 1. The fourth-order valence-electron chi connectivity index (χ4n) is 5.08. The molecule has 204 valence electrons. The van der Waals surface area contributed by atoms with Crippen LogP contribution in [0, 0.1) is 0 Å². The number of hydrogen-bond acceptors (Lipinski definition) is 4. The predicted octanol–water partition coefficient (Wildman–Crippen LogP) is 3.83. The van der Waals surface area contributed by atoms with Gasteiger partial charge >= 0.3 is 12.2 Å². The monoisotopic (exact) mass is 531 g/mol. The van der Waals surface area contributed by atoms with E-state index in [0.717, 1.165) is 17.7 Å². The van der Waals surface area contributed by atoms with Crippen LogP contribution in [0.15, 0.2) is 54.6 Å². The van der Waals surface area contributed by atoms with Gasteiger partial charge in [-0.15, -0.1) is 0 Å². The first-order chi connectivity index (χ1) is 18.1. The lowest BCUT2D eigenvalue weighted by atomic mass is 10.0. The zero-order chi connectivity index (χ0) is 27.4. The molecule has 1 N–H and O–H groups in total. The van der Waals surface area contributed by atoms with E-state index in [1.165, 1.54) is 20.9 Å². The second kappa shape index (κ2) is 11.4. The molecule has 2 atom stereocenters. The van der Waals surface area contributed by atoms with Crippen LogP contribution in [0.4, 0.5) is 18.0 Å². The van der Waals surface area contributed by atoms with Crippen molar-refractivity contribution in [2.75, 3.05) is 19.6 Å². The van der Waals surface area contributed by atoms with Gasteiger partial charge in [0.05, 0.1) is 18.7 Å². The van der Waals surface area contributed by atoms with Gasteiger partial charge in [-0.3, -0.25) is 9.59 Å². The van der Waals surface area contributed by atoms with Crippen molar-refractivity contribution < 1.29 is 27.6 Å². The lowest BCUT2D eigenvalue weighted by Crippen LogP contribution is -2.76. The number of carbonyl (C=O) groups is 3. The largest absolute Gasteiger partial charge is 0.416 e. The quantitative estimate of drug-likeness (QED) is 0.589. The molecule has 2 aromatic rings. The summed E-state index contributed by atoms with van der Waals surface area (Å²) in [7, 11) is 0. The van der Waals surface area contributed by atoms with Gasteiger partial charge in [-0.1, -0.05) is 62.7 Å². The standard InChI is InChI=1S/C27H32F3N5O3/c1-3-9-22-25(37)32(16-20-12-8-13-21(14-20)27(28,29)30)17-23-34(22)24(36)18-33(4-2)35(23)26(38)31-15-19-10-6-5-7-11-19/h5-8,10-14,22-23H,3-4,9,15-18H2,1-2H3,(H,31,38)/t22-,23-/m0/s1. The van der Waals surface area contributed by atoms with Crippen LogP contribution in [0.25, 0.3) is 0 Å². The number of benzene rings is 2. The summed E-state index contributed by atoms with van der Waals surface area (Å²) in [4.78, 5) is 43.2. The summed E-state index contributed by atoms with van der Waals surface area (Å²) in [5.74, 6) is -0.585. The minimum atomic E-state index is -4.51. The summed E-state index contributed by atoms with van der Waals surface area (Å²) in [6, 6.07) is 13.0. The number of alkyl halides is 3. The Balaban J connectivity index is 1.63. The highest BCUT2D eigenvalue weighted by Crippen LogP contribution is 2.32. The van der Waals surface area contributed by atoms with Crippen molar-refractivity contribution in [3.8, 4) is 0 Å². The van der Waals surface area contributed by atoms with E-state index in [4.69, 9.17) is 0 Å². The lowest BCUT2D eigenvalue weighted by Gasteiger charge is -2.55. The van der Waals surface area contributed by atoms with E-state index in [2.05, 4.69) is 5.32 Å². The van der Waals surface area contributed by atoms with E-state index in [0.29, 0.717) is 24.9 Å². The SMILES string of the molecule is CCC[C@H]1C(=O)N(Cc2cccc(C(F)(F)F)c2)C[C@H]2N1C(=O)CN(CC)N2C(=O)NCc1ccccc1. The maximum atomic E-state index is 13.5. The lowest BCUT2D eigenvalue weighted by molar-refractivity contribution is -0.190. The van der Waals surface area contributed by atoms with Crippen molar-refractivity contribution in [3.63, 3.8) is 0 Å². The smallest absolute Gasteiger partial charge is 0.333 e. The normalized spacial score (nSPS) is 20.5. The van der Waals surface area contributed by atoms with E-state index in [-0.39, 0.29) is 38.0 Å². The molecule has 2 aliphatic rings. The average Bonchev–Trinajstić information content (AvgIpc) is 2.89. The Morgan fingerprint density at radius 3 is 2.39 bits per heavy atom. The van der Waals surface area contributed by atoms with Crippen LogP contribution in [0.3, 0.4) is 0 Å². The molecule has 2 aliphatic heterocycles. The van der Waals surface area contributed by atoms with E-state index >= 15 is 0 Å². The number of rotatable bonds is 7. The molecule has 2 aromatic carbocycles. The molecule has 8 nitrogen and oxygen atoms in total. The Labute approximate surface area is 219 Å². The fraction of sp³-hybridized carbons (Fsp3) is 0.444. The molecule has 0 saturated carbocycles. The minimum absolute atomic E-state index is 0.0176. The first-order valence-electron chi connectivity index (χ1n) is 12.8. The van der Waals surface area contributed by atoms with Crippen LogP contribution in [0.2, 0.25) is 0 Å². The Bertz CT molecular complexity index is 1160. The number of urea groups is 1. The highest BCUT2D eigenvalue weighted by molar-refractivity contribution is 5.91. The molecular formula is C27H32F3N5O3. The van der Waals surface area contributed by atoms with Crippen LogP contribution < -0.4 is 5.32 Å². The highest BCUT2D eigenvalue weighted by atomic mass is 19.4. The third-order valence-corrected chi connectivity index (χ3v) is 6.88. The Morgan fingerprint density at radius 2 is 1.74 bits per heavy atom.